The molecule has 2 aliphatic heterocycles. The standard InChI is InChI=1S/C30H39N7O/c1-20-23(19-31)7-6-8-25(20)21(2)32-30-26-17-28(29(38-5)18-27(26)33-22(3)34-30)37-15-13-36(14-16-37)24-9-11-35(4)12-10-24/h6-8,17-18,21,24H,9-16H2,1-5H3,(H,32,33,34). The van der Waals surface area contributed by atoms with E-state index in [1.165, 1.54) is 25.9 Å². The van der Waals surface area contributed by atoms with Gasteiger partial charge in [-0.3, -0.25) is 4.90 Å². The molecule has 0 radical (unpaired) electrons. The smallest absolute Gasteiger partial charge is 0.144 e. The molecular weight excluding hydrogens is 474 g/mol. The first-order valence-corrected chi connectivity index (χ1v) is 13.7. The monoisotopic (exact) mass is 513 g/mol. The molecule has 1 atom stereocenters. The van der Waals surface area contributed by atoms with Gasteiger partial charge in [0.15, 0.2) is 0 Å². The van der Waals surface area contributed by atoms with Crippen LogP contribution in [0.3, 0.4) is 0 Å². The van der Waals surface area contributed by atoms with E-state index < -0.39 is 0 Å². The molecule has 0 saturated carbocycles. The second-order valence-corrected chi connectivity index (χ2v) is 10.7. The minimum Gasteiger partial charge on any atom is -0.495 e. The number of hydrogen-bond acceptors (Lipinski definition) is 8. The molecule has 0 amide bonds. The van der Waals surface area contributed by atoms with Crippen LogP contribution in [-0.2, 0) is 0 Å². The Balaban J connectivity index is 1.42. The second-order valence-electron chi connectivity index (χ2n) is 10.7. The minimum atomic E-state index is -0.0237. The Labute approximate surface area is 226 Å². The van der Waals surface area contributed by atoms with Crippen molar-refractivity contribution in [3.63, 3.8) is 0 Å². The molecule has 0 aliphatic carbocycles. The van der Waals surface area contributed by atoms with Gasteiger partial charge in [-0.1, -0.05) is 12.1 Å². The molecule has 2 saturated heterocycles. The molecule has 0 bridgehead atoms. The summed E-state index contributed by atoms with van der Waals surface area (Å²) < 4.78 is 5.86. The van der Waals surface area contributed by atoms with Crippen LogP contribution in [0, 0.1) is 25.2 Å². The zero-order valence-electron chi connectivity index (χ0n) is 23.3. The average molecular weight is 514 g/mol. The van der Waals surface area contributed by atoms with Gasteiger partial charge in [-0.2, -0.15) is 5.26 Å². The van der Waals surface area contributed by atoms with Crippen LogP contribution in [0.5, 0.6) is 5.75 Å². The number of aromatic nitrogens is 2. The van der Waals surface area contributed by atoms with Crippen LogP contribution in [0.15, 0.2) is 30.3 Å². The van der Waals surface area contributed by atoms with E-state index >= 15 is 0 Å². The summed E-state index contributed by atoms with van der Waals surface area (Å²) in [5.41, 5.74) is 4.74. The topological polar surface area (TPSA) is 80.5 Å². The van der Waals surface area contributed by atoms with Crippen molar-refractivity contribution in [2.75, 3.05) is 63.6 Å². The van der Waals surface area contributed by atoms with Crippen LogP contribution in [-0.4, -0.2) is 79.2 Å². The Bertz CT molecular complexity index is 1330. The number of nitrogens with one attached hydrogen (secondary N) is 1. The maximum Gasteiger partial charge on any atom is 0.144 e. The highest BCUT2D eigenvalue weighted by molar-refractivity contribution is 5.94. The molecule has 3 heterocycles. The summed E-state index contributed by atoms with van der Waals surface area (Å²) in [5, 5.41) is 14.1. The molecule has 0 spiro atoms. The molecule has 1 unspecified atom stereocenters. The Hall–Kier alpha value is -3.41. The normalized spacial score (nSPS) is 18.4. The first-order valence-electron chi connectivity index (χ1n) is 13.7. The van der Waals surface area contributed by atoms with Crippen molar-refractivity contribution in [3.05, 3.63) is 52.8 Å². The fourth-order valence-electron chi connectivity index (χ4n) is 6.00. The van der Waals surface area contributed by atoms with Crippen molar-refractivity contribution in [2.45, 2.75) is 45.7 Å². The fourth-order valence-corrected chi connectivity index (χ4v) is 6.00. The van der Waals surface area contributed by atoms with Crippen molar-refractivity contribution in [2.24, 2.45) is 0 Å². The molecule has 8 nitrogen and oxygen atoms in total. The van der Waals surface area contributed by atoms with Crippen molar-refractivity contribution in [3.8, 4) is 11.8 Å². The Morgan fingerprint density at radius 2 is 1.79 bits per heavy atom. The molecule has 5 rings (SSSR count). The summed E-state index contributed by atoms with van der Waals surface area (Å²) in [6.07, 6.45) is 2.52. The van der Waals surface area contributed by atoms with E-state index in [1.807, 2.05) is 32.0 Å². The molecule has 2 aliphatic rings. The SMILES string of the molecule is COc1cc2nc(C)nc(NC(C)c3cccc(C#N)c3C)c2cc1N1CCN(C2CCN(C)CC2)CC1. The Morgan fingerprint density at radius 3 is 2.47 bits per heavy atom. The largest absolute Gasteiger partial charge is 0.495 e. The number of methoxy groups -OCH3 is 1. The van der Waals surface area contributed by atoms with Crippen LogP contribution >= 0.6 is 0 Å². The number of fused-ring (bicyclic) bond motifs is 1. The quantitative estimate of drug-likeness (QED) is 0.516. The van der Waals surface area contributed by atoms with Gasteiger partial charge >= 0.3 is 0 Å². The second kappa shape index (κ2) is 11.1. The van der Waals surface area contributed by atoms with E-state index in [0.29, 0.717) is 17.4 Å². The summed E-state index contributed by atoms with van der Waals surface area (Å²) >= 11 is 0. The summed E-state index contributed by atoms with van der Waals surface area (Å²) in [6, 6.07) is 13.1. The highest BCUT2D eigenvalue weighted by Gasteiger charge is 2.28. The highest BCUT2D eigenvalue weighted by Crippen LogP contribution is 2.37. The molecule has 3 aromatic rings. The molecule has 2 fully saturated rings. The van der Waals surface area contributed by atoms with Crippen LogP contribution in [0.2, 0.25) is 0 Å². The maximum atomic E-state index is 9.48. The number of nitrogens with zero attached hydrogens (tertiary/aromatic N) is 6. The number of rotatable bonds is 6. The van der Waals surface area contributed by atoms with Crippen molar-refractivity contribution in [1.82, 2.24) is 19.8 Å². The van der Waals surface area contributed by atoms with E-state index in [9.17, 15) is 5.26 Å². The third kappa shape index (κ3) is 5.27. The lowest BCUT2D eigenvalue weighted by atomic mass is 9.98. The lowest BCUT2D eigenvalue weighted by Gasteiger charge is -2.43. The van der Waals surface area contributed by atoms with Gasteiger partial charge in [0.25, 0.3) is 0 Å². The zero-order valence-corrected chi connectivity index (χ0v) is 23.3. The van der Waals surface area contributed by atoms with E-state index in [-0.39, 0.29) is 6.04 Å². The first kappa shape index (κ1) is 26.2. The third-order valence-electron chi connectivity index (χ3n) is 8.28. The molecule has 200 valence electrons. The van der Waals surface area contributed by atoms with Crippen LogP contribution in [0.1, 0.15) is 48.3 Å². The summed E-state index contributed by atoms with van der Waals surface area (Å²) in [4.78, 5) is 17.1. The third-order valence-corrected chi connectivity index (χ3v) is 8.28. The predicted octanol–water partition coefficient (Wildman–Crippen LogP) is 4.52. The summed E-state index contributed by atoms with van der Waals surface area (Å²) in [7, 11) is 3.96. The maximum absolute atomic E-state index is 9.48. The number of aryl methyl sites for hydroxylation is 1. The predicted molar refractivity (Wildman–Crippen MR) is 153 cm³/mol. The number of anilines is 2. The number of benzene rings is 2. The average Bonchev–Trinajstić information content (AvgIpc) is 2.93. The number of piperazine rings is 1. The van der Waals surface area contributed by atoms with Crippen molar-refractivity contribution >= 4 is 22.4 Å². The fraction of sp³-hybridized carbons (Fsp3) is 0.500. The molecule has 38 heavy (non-hydrogen) atoms. The van der Waals surface area contributed by atoms with Gasteiger partial charge < -0.3 is 19.9 Å². The van der Waals surface area contributed by atoms with Gasteiger partial charge in [-0.15, -0.1) is 0 Å². The van der Waals surface area contributed by atoms with Crippen LogP contribution in [0.4, 0.5) is 11.5 Å². The number of nitriles is 1. The molecule has 1 N–H and O–H groups in total. The number of ether oxygens (including phenoxy) is 1. The number of hydrogen-bond donors (Lipinski definition) is 1. The molecule has 1 aromatic heterocycles. The Kier molecular flexibility index (Phi) is 7.68. The first-order chi connectivity index (χ1) is 18.4. The highest BCUT2D eigenvalue weighted by atomic mass is 16.5. The van der Waals surface area contributed by atoms with Crippen LogP contribution in [0.25, 0.3) is 10.9 Å². The lowest BCUT2D eigenvalue weighted by molar-refractivity contribution is 0.115. The number of likely N-dealkylation sites (tertiary alicyclic amines) is 1. The van der Waals surface area contributed by atoms with Gasteiger partial charge in [0.05, 0.1) is 36.0 Å². The minimum absolute atomic E-state index is 0.0237. The van der Waals surface area contributed by atoms with Crippen LogP contribution < -0.4 is 15.0 Å². The zero-order chi connectivity index (χ0) is 26.8. The van der Waals surface area contributed by atoms with Crippen molar-refractivity contribution in [1.29, 1.82) is 5.26 Å². The van der Waals surface area contributed by atoms with Gasteiger partial charge in [0, 0.05) is 43.7 Å². The van der Waals surface area contributed by atoms with Gasteiger partial charge in [-0.25, -0.2) is 9.97 Å². The van der Waals surface area contributed by atoms with Gasteiger partial charge in [0.2, 0.25) is 0 Å². The van der Waals surface area contributed by atoms with E-state index in [4.69, 9.17) is 14.7 Å². The lowest BCUT2D eigenvalue weighted by Crippen LogP contribution is -2.53. The molecule has 2 aromatic carbocycles. The van der Waals surface area contributed by atoms with E-state index in [0.717, 1.165) is 65.5 Å². The summed E-state index contributed by atoms with van der Waals surface area (Å²) in [6.45, 7) is 12.5. The van der Waals surface area contributed by atoms with E-state index in [1.54, 1.807) is 7.11 Å². The van der Waals surface area contributed by atoms with Gasteiger partial charge in [-0.05, 0) is 77.0 Å². The molecular formula is C30H39N7O. The summed E-state index contributed by atoms with van der Waals surface area (Å²) in [5.74, 6) is 2.35. The molecule has 8 heteroatoms. The Morgan fingerprint density at radius 1 is 1.05 bits per heavy atom. The number of piperidine rings is 1. The van der Waals surface area contributed by atoms with Gasteiger partial charge in [0.1, 0.15) is 17.4 Å². The van der Waals surface area contributed by atoms with E-state index in [2.05, 4.69) is 52.2 Å². The van der Waals surface area contributed by atoms with Crippen molar-refractivity contribution < 1.29 is 4.74 Å².